The van der Waals surface area contributed by atoms with Gasteiger partial charge >= 0.3 is 6.09 Å². The summed E-state index contributed by atoms with van der Waals surface area (Å²) in [6.45, 7) is 14.0. The van der Waals surface area contributed by atoms with Gasteiger partial charge in [0.1, 0.15) is 6.10 Å². The fraction of sp³-hybridized carbons (Fsp3) is 0.960. The first-order valence-corrected chi connectivity index (χ1v) is 12.2. The van der Waals surface area contributed by atoms with Gasteiger partial charge in [-0.25, -0.2) is 4.79 Å². The van der Waals surface area contributed by atoms with Crippen molar-refractivity contribution in [3.8, 4) is 0 Å². The van der Waals surface area contributed by atoms with E-state index in [1.807, 2.05) is 7.05 Å². The summed E-state index contributed by atoms with van der Waals surface area (Å²) >= 11 is 0. The minimum Gasteiger partial charge on any atom is -0.446 e. The maximum atomic E-state index is 12.6. The lowest BCUT2D eigenvalue weighted by Crippen LogP contribution is -2.38. The molecule has 0 aliphatic carbocycles. The second-order valence-electron chi connectivity index (χ2n) is 9.53. The van der Waals surface area contributed by atoms with E-state index in [-0.39, 0.29) is 12.2 Å². The van der Waals surface area contributed by atoms with Crippen molar-refractivity contribution in [1.82, 2.24) is 4.90 Å². The van der Waals surface area contributed by atoms with E-state index in [1.165, 1.54) is 77.0 Å². The summed E-state index contributed by atoms with van der Waals surface area (Å²) < 4.78 is 6.08. The third-order valence-corrected chi connectivity index (χ3v) is 5.67. The molecule has 0 heterocycles. The van der Waals surface area contributed by atoms with Crippen molar-refractivity contribution in [1.29, 1.82) is 0 Å². The van der Waals surface area contributed by atoms with Crippen LogP contribution in [-0.2, 0) is 4.74 Å². The molecule has 1 amide bonds. The Morgan fingerprint density at radius 2 is 1.25 bits per heavy atom. The van der Waals surface area contributed by atoms with E-state index in [9.17, 15) is 4.79 Å². The van der Waals surface area contributed by atoms with Gasteiger partial charge in [0.05, 0.1) is 0 Å². The Morgan fingerprint density at radius 3 is 1.64 bits per heavy atom. The van der Waals surface area contributed by atoms with Gasteiger partial charge < -0.3 is 9.64 Å². The second kappa shape index (κ2) is 17.2. The third kappa shape index (κ3) is 13.4. The Balaban J connectivity index is 4.81. The summed E-state index contributed by atoms with van der Waals surface area (Å²) in [6.07, 6.45) is 15.4. The molecule has 1 unspecified atom stereocenters. The van der Waals surface area contributed by atoms with E-state index < -0.39 is 0 Å². The van der Waals surface area contributed by atoms with E-state index in [0.29, 0.717) is 17.8 Å². The molecular weight excluding hydrogens is 346 g/mol. The highest BCUT2D eigenvalue weighted by Crippen LogP contribution is 2.28. The molecule has 0 saturated heterocycles. The Bertz CT molecular complexity index is 354. The largest absolute Gasteiger partial charge is 0.446 e. The number of ether oxygens (including phenoxy) is 1. The van der Waals surface area contributed by atoms with Crippen molar-refractivity contribution in [2.45, 2.75) is 125 Å². The average Bonchev–Trinajstić information content (AvgIpc) is 2.63. The van der Waals surface area contributed by atoms with Crippen LogP contribution < -0.4 is 0 Å². The normalized spacial score (nSPS) is 12.8. The van der Waals surface area contributed by atoms with Gasteiger partial charge in [0, 0.05) is 13.6 Å². The van der Waals surface area contributed by atoms with E-state index >= 15 is 0 Å². The van der Waals surface area contributed by atoms with Gasteiger partial charge in [-0.15, -0.1) is 0 Å². The monoisotopic (exact) mass is 397 g/mol. The minimum absolute atomic E-state index is 0.0412. The zero-order valence-electron chi connectivity index (χ0n) is 20.3. The summed E-state index contributed by atoms with van der Waals surface area (Å²) in [5, 5.41) is 0. The highest BCUT2D eigenvalue weighted by molar-refractivity contribution is 5.67. The number of amides is 1. The number of rotatable bonds is 17. The maximum absolute atomic E-state index is 12.6. The summed E-state index contributed by atoms with van der Waals surface area (Å²) in [7, 11) is 1.87. The smallest absolute Gasteiger partial charge is 0.409 e. The van der Waals surface area contributed by atoms with E-state index in [2.05, 4.69) is 41.5 Å². The molecule has 0 aromatic rings. The van der Waals surface area contributed by atoms with Gasteiger partial charge in [-0.3, -0.25) is 0 Å². The molecule has 0 bridgehead atoms. The number of carbonyl (C=O) groups excluding carboxylic acids is 1. The SMILES string of the molecule is CCCCCCCC(CCCCCCC)C(OC(=O)N(C)CC(C)C)C(C)C. The van der Waals surface area contributed by atoms with Crippen LogP contribution in [0.1, 0.15) is 119 Å². The third-order valence-electron chi connectivity index (χ3n) is 5.67. The highest BCUT2D eigenvalue weighted by Gasteiger charge is 2.29. The van der Waals surface area contributed by atoms with Crippen LogP contribution in [0.5, 0.6) is 0 Å². The van der Waals surface area contributed by atoms with Gasteiger partial charge in [0.25, 0.3) is 0 Å². The Hall–Kier alpha value is -0.730. The van der Waals surface area contributed by atoms with Crippen molar-refractivity contribution in [3.05, 3.63) is 0 Å². The quantitative estimate of drug-likeness (QED) is 0.232. The number of hydrogen-bond donors (Lipinski definition) is 0. The second-order valence-corrected chi connectivity index (χ2v) is 9.53. The molecule has 0 rings (SSSR count). The lowest BCUT2D eigenvalue weighted by Gasteiger charge is -2.32. The fourth-order valence-electron chi connectivity index (χ4n) is 4.10. The molecule has 3 heteroatoms. The molecule has 1 atom stereocenters. The standard InChI is InChI=1S/C25H51NO2/c1-8-10-12-14-16-18-23(19-17-15-13-11-9-2)24(22(5)6)28-25(27)26(7)20-21(3)4/h21-24H,8-20H2,1-7H3. The lowest BCUT2D eigenvalue weighted by molar-refractivity contribution is 0.00645. The summed E-state index contributed by atoms with van der Waals surface area (Å²) in [4.78, 5) is 14.4. The number of unbranched alkanes of at least 4 members (excludes halogenated alkanes) is 8. The van der Waals surface area contributed by atoms with Crippen molar-refractivity contribution < 1.29 is 9.53 Å². The van der Waals surface area contributed by atoms with Crippen LogP contribution in [0, 0.1) is 17.8 Å². The van der Waals surface area contributed by atoms with Crippen LogP contribution in [0.15, 0.2) is 0 Å². The summed E-state index contributed by atoms with van der Waals surface area (Å²) in [5.74, 6) is 1.33. The van der Waals surface area contributed by atoms with Gasteiger partial charge in [-0.05, 0) is 30.6 Å². The first kappa shape index (κ1) is 27.3. The van der Waals surface area contributed by atoms with Gasteiger partial charge in [0.15, 0.2) is 0 Å². The lowest BCUT2D eigenvalue weighted by atomic mass is 9.84. The molecule has 0 aromatic heterocycles. The molecule has 0 spiro atoms. The Morgan fingerprint density at radius 1 is 0.786 bits per heavy atom. The van der Waals surface area contributed by atoms with Gasteiger partial charge in [0.2, 0.25) is 0 Å². The van der Waals surface area contributed by atoms with Crippen LogP contribution in [0.25, 0.3) is 0 Å². The fourth-order valence-corrected chi connectivity index (χ4v) is 4.10. The van der Waals surface area contributed by atoms with Crippen molar-refractivity contribution in [2.24, 2.45) is 17.8 Å². The molecule has 28 heavy (non-hydrogen) atoms. The zero-order chi connectivity index (χ0) is 21.4. The van der Waals surface area contributed by atoms with Crippen LogP contribution >= 0.6 is 0 Å². The zero-order valence-corrected chi connectivity index (χ0v) is 20.3. The average molecular weight is 398 g/mol. The molecule has 0 aromatic carbocycles. The Kier molecular flexibility index (Phi) is 16.7. The summed E-state index contributed by atoms with van der Waals surface area (Å²) in [6, 6.07) is 0. The molecular formula is C25H51NO2. The molecule has 3 nitrogen and oxygen atoms in total. The van der Waals surface area contributed by atoms with Crippen molar-refractivity contribution >= 4 is 6.09 Å². The van der Waals surface area contributed by atoms with E-state index in [4.69, 9.17) is 4.74 Å². The molecule has 0 radical (unpaired) electrons. The number of hydrogen-bond acceptors (Lipinski definition) is 2. The van der Waals surface area contributed by atoms with Crippen molar-refractivity contribution in [3.63, 3.8) is 0 Å². The molecule has 0 N–H and O–H groups in total. The molecule has 0 aliphatic rings. The van der Waals surface area contributed by atoms with E-state index in [0.717, 1.165) is 6.54 Å². The van der Waals surface area contributed by atoms with Crippen LogP contribution in [-0.4, -0.2) is 30.7 Å². The number of carbonyl (C=O) groups is 1. The van der Waals surface area contributed by atoms with Crippen LogP contribution in [0.4, 0.5) is 4.79 Å². The highest BCUT2D eigenvalue weighted by atomic mass is 16.6. The number of nitrogens with zero attached hydrogens (tertiary/aromatic N) is 1. The van der Waals surface area contributed by atoms with Crippen LogP contribution in [0.3, 0.4) is 0 Å². The van der Waals surface area contributed by atoms with Gasteiger partial charge in [-0.1, -0.05) is 106 Å². The molecule has 0 fully saturated rings. The van der Waals surface area contributed by atoms with Crippen LogP contribution in [0.2, 0.25) is 0 Å². The molecule has 0 saturated carbocycles. The predicted octanol–water partition coefficient (Wildman–Crippen LogP) is 8.07. The van der Waals surface area contributed by atoms with E-state index in [1.54, 1.807) is 4.90 Å². The van der Waals surface area contributed by atoms with Crippen molar-refractivity contribution in [2.75, 3.05) is 13.6 Å². The topological polar surface area (TPSA) is 29.5 Å². The molecule has 168 valence electrons. The first-order chi connectivity index (χ1) is 13.3. The first-order valence-electron chi connectivity index (χ1n) is 12.2. The predicted molar refractivity (Wildman–Crippen MR) is 123 cm³/mol. The minimum atomic E-state index is -0.144. The molecule has 0 aliphatic heterocycles. The maximum Gasteiger partial charge on any atom is 0.409 e. The summed E-state index contributed by atoms with van der Waals surface area (Å²) in [5.41, 5.74) is 0. The van der Waals surface area contributed by atoms with Gasteiger partial charge in [-0.2, -0.15) is 0 Å². The Labute approximate surface area is 177 Å².